The largest absolute Gasteiger partial charge is 0.475 e. The van der Waals surface area contributed by atoms with Crippen LogP contribution in [0, 0.1) is 28.9 Å². The van der Waals surface area contributed by atoms with Crippen LogP contribution in [-0.4, -0.2) is 65.7 Å². The molecule has 0 aromatic heterocycles. The van der Waals surface area contributed by atoms with Gasteiger partial charge in [-0.1, -0.05) is 30.7 Å². The number of fused-ring (bicyclic) bond motifs is 1. The first-order chi connectivity index (χ1) is 24.9. The first kappa shape index (κ1) is 39.0. The molecule has 2 aliphatic carbocycles. The number of hydrogen-bond acceptors (Lipinski definition) is 9. The molecule has 0 bridgehead atoms. The van der Waals surface area contributed by atoms with E-state index in [1.807, 2.05) is 13.0 Å². The molecule has 3 aliphatic rings. The molecule has 0 saturated carbocycles. The van der Waals surface area contributed by atoms with Crippen molar-refractivity contribution in [1.82, 2.24) is 10.2 Å². The predicted molar refractivity (Wildman–Crippen MR) is 203 cm³/mol. The molecule has 5 rings (SSSR count). The molecule has 276 valence electrons. The number of nitrogens with zero attached hydrogens (tertiary/aromatic N) is 1. The molecule has 5 N–H and O–H groups in total. The minimum Gasteiger partial charge on any atom is -0.475 e. The van der Waals surface area contributed by atoms with Gasteiger partial charge in [0.25, 0.3) is 5.91 Å². The van der Waals surface area contributed by atoms with Crippen LogP contribution in [0.25, 0.3) is 5.57 Å². The minimum absolute atomic E-state index is 0.0378. The van der Waals surface area contributed by atoms with E-state index in [1.165, 1.54) is 30.0 Å². The Morgan fingerprint density at radius 3 is 2.77 bits per heavy atom. The van der Waals surface area contributed by atoms with Crippen molar-refractivity contribution in [3.63, 3.8) is 0 Å². The second-order valence-corrected chi connectivity index (χ2v) is 14.9. The Bertz CT molecular complexity index is 1880. The van der Waals surface area contributed by atoms with Gasteiger partial charge < -0.3 is 25.7 Å². The monoisotopic (exact) mass is 751 g/mol. The average Bonchev–Trinajstić information content (AvgIpc) is 3.27. The van der Waals surface area contributed by atoms with E-state index in [9.17, 15) is 18.8 Å². The van der Waals surface area contributed by atoms with Crippen LogP contribution in [0.2, 0.25) is 5.02 Å². The van der Waals surface area contributed by atoms with Crippen LogP contribution in [0.3, 0.4) is 0 Å². The fraction of sp³-hybridized carbons (Fsp3) is 0.410. The van der Waals surface area contributed by atoms with Crippen LogP contribution < -0.4 is 21.1 Å². The summed E-state index contributed by atoms with van der Waals surface area (Å²) in [5.41, 5.74) is 9.98. The number of nitrogens with two attached hydrogens (primary N) is 1. The highest BCUT2D eigenvalue weighted by Crippen LogP contribution is 2.41. The van der Waals surface area contributed by atoms with E-state index in [4.69, 9.17) is 27.5 Å². The molecule has 9 nitrogen and oxygen atoms in total. The zero-order chi connectivity index (χ0) is 37.6. The molecule has 13 heteroatoms. The number of benzene rings is 2. The van der Waals surface area contributed by atoms with E-state index in [2.05, 4.69) is 35.4 Å². The normalized spacial score (nSPS) is 23.1. The average molecular weight is 752 g/mol. The third-order valence-corrected chi connectivity index (χ3v) is 11.5. The van der Waals surface area contributed by atoms with Crippen molar-refractivity contribution in [1.29, 1.82) is 5.41 Å². The molecule has 0 fully saturated rings. The van der Waals surface area contributed by atoms with Gasteiger partial charge in [-0.05, 0) is 80.7 Å². The second kappa shape index (κ2) is 17.1. The molecule has 2 aromatic rings. The van der Waals surface area contributed by atoms with Crippen LogP contribution in [0.5, 0.6) is 5.75 Å². The van der Waals surface area contributed by atoms with E-state index in [1.54, 1.807) is 30.3 Å². The zero-order valence-corrected chi connectivity index (χ0v) is 31.1. The quantitative estimate of drug-likeness (QED) is 0.0584. The highest BCUT2D eigenvalue weighted by Gasteiger charge is 2.43. The van der Waals surface area contributed by atoms with Crippen molar-refractivity contribution in [2.45, 2.75) is 64.0 Å². The standard InChI is InChI=1S/C39H44ClF2N5O4S/c1-4-26-30(44)20-32(49)31(48)13-15-34(26)52-17-7-16-47(3)38(50)28-11-10-25(19-29(28)40)46-35-9-6-5-8-24-18-23(21-45-39(24,35)2)27-12-14-33(51-22-43)37(42)36(27)41/h5,8,10-14,19,21,24,26,35,44-46H,4,6-7,9,16-18,20,22,43H2,1-3H3. The first-order valence-electron chi connectivity index (χ1n) is 17.4. The van der Waals surface area contributed by atoms with E-state index in [-0.39, 0.29) is 54.0 Å². The van der Waals surface area contributed by atoms with E-state index in [0.29, 0.717) is 47.7 Å². The molecule has 0 radical (unpaired) electrons. The Morgan fingerprint density at radius 1 is 1.25 bits per heavy atom. The maximum absolute atomic E-state index is 15.1. The van der Waals surface area contributed by atoms with E-state index >= 15 is 4.39 Å². The van der Waals surface area contributed by atoms with Gasteiger partial charge in [-0.3, -0.25) is 20.1 Å². The van der Waals surface area contributed by atoms with Crippen molar-refractivity contribution < 1.29 is 27.9 Å². The molecule has 2 aromatic carbocycles. The van der Waals surface area contributed by atoms with Gasteiger partial charge in [0.15, 0.2) is 11.6 Å². The lowest BCUT2D eigenvalue weighted by molar-refractivity contribution is -0.133. The number of ketones is 2. The van der Waals surface area contributed by atoms with Crippen molar-refractivity contribution in [2.75, 3.05) is 31.4 Å². The SMILES string of the molecule is CCC1C(=N)CC(=O)C(=O)C=C=C1SCCCN(C)C(=O)c1ccc(NC2CCC=CC3CC(c4ccc(OCN)c(F)c4F)=CNC32C)cc1Cl. The van der Waals surface area contributed by atoms with Gasteiger partial charge >= 0.3 is 0 Å². The molecule has 1 heterocycles. The molecule has 1 amide bonds. The fourth-order valence-electron chi connectivity index (χ4n) is 6.90. The predicted octanol–water partition coefficient (Wildman–Crippen LogP) is 7.28. The lowest BCUT2D eigenvalue weighted by Gasteiger charge is -2.46. The Kier molecular flexibility index (Phi) is 12.8. The lowest BCUT2D eigenvalue weighted by atomic mass is 9.73. The summed E-state index contributed by atoms with van der Waals surface area (Å²) >= 11 is 8.18. The van der Waals surface area contributed by atoms with Crippen LogP contribution in [0.15, 0.2) is 65.4 Å². The Morgan fingerprint density at radius 2 is 2.04 bits per heavy atom. The third-order valence-electron chi connectivity index (χ3n) is 10.0. The number of halogens is 3. The Balaban J connectivity index is 1.21. The van der Waals surface area contributed by atoms with Gasteiger partial charge in [0, 0.05) is 65.6 Å². The maximum atomic E-state index is 15.1. The number of allylic oxidation sites excluding steroid dienone is 3. The van der Waals surface area contributed by atoms with Crippen molar-refractivity contribution >= 4 is 57.8 Å². The Labute approximate surface area is 312 Å². The van der Waals surface area contributed by atoms with Gasteiger partial charge in [0.05, 0.1) is 22.5 Å². The summed E-state index contributed by atoms with van der Waals surface area (Å²) in [6, 6.07) is 8.14. The molecular formula is C39H44ClF2N5O4S. The number of ether oxygens (including phenoxy) is 1. The smallest absolute Gasteiger partial charge is 0.255 e. The van der Waals surface area contributed by atoms with Gasteiger partial charge in [0.1, 0.15) is 6.73 Å². The Hall–Kier alpha value is -4.22. The number of rotatable bonds is 12. The molecular weight excluding hydrogens is 708 g/mol. The number of carbonyl (C=O) groups is 3. The van der Waals surface area contributed by atoms with Crippen LogP contribution in [0.4, 0.5) is 14.5 Å². The van der Waals surface area contributed by atoms with E-state index < -0.39 is 28.7 Å². The van der Waals surface area contributed by atoms with Crippen LogP contribution in [0.1, 0.15) is 68.3 Å². The topological polar surface area (TPSA) is 138 Å². The highest BCUT2D eigenvalue weighted by atomic mass is 35.5. The summed E-state index contributed by atoms with van der Waals surface area (Å²) in [5.74, 6) is -3.37. The lowest BCUT2D eigenvalue weighted by Crippen LogP contribution is -2.59. The van der Waals surface area contributed by atoms with Gasteiger partial charge in [-0.2, -0.15) is 4.39 Å². The molecule has 4 atom stereocenters. The zero-order valence-electron chi connectivity index (χ0n) is 29.5. The number of nitrogens with one attached hydrogen (secondary N) is 3. The summed E-state index contributed by atoms with van der Waals surface area (Å²) < 4.78 is 34.7. The summed E-state index contributed by atoms with van der Waals surface area (Å²) in [6.45, 7) is 4.25. The number of anilines is 1. The summed E-state index contributed by atoms with van der Waals surface area (Å²) in [7, 11) is 1.72. The highest BCUT2D eigenvalue weighted by molar-refractivity contribution is 8.03. The number of thioether (sulfide) groups is 1. The number of Topliss-reactive ketones (excluding diaryl/α,β-unsaturated/α-hetero) is 1. The van der Waals surface area contributed by atoms with E-state index in [0.717, 1.165) is 23.4 Å². The van der Waals surface area contributed by atoms with Crippen LogP contribution >= 0.6 is 23.4 Å². The summed E-state index contributed by atoms with van der Waals surface area (Å²) in [6.07, 6.45) is 10.4. The minimum atomic E-state index is -1.07. The summed E-state index contributed by atoms with van der Waals surface area (Å²) in [4.78, 5) is 39.6. The maximum Gasteiger partial charge on any atom is 0.255 e. The molecule has 0 spiro atoms. The molecule has 1 aliphatic heterocycles. The van der Waals surface area contributed by atoms with Crippen molar-refractivity contribution in [2.24, 2.45) is 17.6 Å². The van der Waals surface area contributed by atoms with Crippen LogP contribution in [-0.2, 0) is 9.59 Å². The third kappa shape index (κ3) is 8.52. The second-order valence-electron chi connectivity index (χ2n) is 13.4. The number of hydrogen-bond donors (Lipinski definition) is 4. The van der Waals surface area contributed by atoms with Gasteiger partial charge in [-0.15, -0.1) is 17.5 Å². The van der Waals surface area contributed by atoms with Crippen molar-refractivity contribution in [3.05, 3.63) is 93.2 Å². The molecule has 0 saturated heterocycles. The van der Waals surface area contributed by atoms with Gasteiger partial charge in [-0.25, -0.2) is 4.39 Å². The van der Waals surface area contributed by atoms with Crippen molar-refractivity contribution in [3.8, 4) is 5.75 Å². The molecule has 4 unspecified atom stereocenters. The fourth-order valence-corrected chi connectivity index (χ4v) is 8.31. The number of amides is 1. The van der Waals surface area contributed by atoms with Gasteiger partial charge in [0.2, 0.25) is 17.4 Å². The number of carbonyl (C=O) groups excluding carboxylic acids is 3. The molecule has 52 heavy (non-hydrogen) atoms. The first-order valence-corrected chi connectivity index (χ1v) is 18.7. The summed E-state index contributed by atoms with van der Waals surface area (Å²) in [5, 5.41) is 15.7.